The molecule has 2 aromatic carbocycles. The minimum atomic E-state index is -0.636. The van der Waals surface area contributed by atoms with Gasteiger partial charge >= 0.3 is 0 Å². The van der Waals surface area contributed by atoms with E-state index in [-0.39, 0.29) is 35.6 Å². The number of phenols is 1. The molecule has 0 radical (unpaired) electrons. The molecule has 4 unspecified atom stereocenters. The molecule has 2 heterocycles. The molecule has 2 aliphatic heterocycles. The van der Waals surface area contributed by atoms with E-state index in [0.29, 0.717) is 41.0 Å². The largest absolute Gasteiger partial charge is 0.508 e. The van der Waals surface area contributed by atoms with Crippen molar-refractivity contribution in [2.45, 2.75) is 26.2 Å². The number of aromatic hydroxyl groups is 1. The summed E-state index contributed by atoms with van der Waals surface area (Å²) in [5.74, 6) is -2.35. The first-order valence-electron chi connectivity index (χ1n) is 13.2. The van der Waals surface area contributed by atoms with Crippen LogP contribution in [0.4, 0.5) is 5.69 Å². The molecule has 7 rings (SSSR count). The van der Waals surface area contributed by atoms with Crippen LogP contribution in [0.25, 0.3) is 0 Å². The molecule has 5 aliphatic rings. The third-order valence-electron chi connectivity index (χ3n) is 8.79. The smallest absolute Gasteiger partial charge is 0.238 e. The number of ketones is 2. The van der Waals surface area contributed by atoms with Gasteiger partial charge in [0.25, 0.3) is 0 Å². The van der Waals surface area contributed by atoms with Crippen molar-refractivity contribution in [1.29, 1.82) is 0 Å². The van der Waals surface area contributed by atoms with E-state index >= 15 is 0 Å². The lowest BCUT2D eigenvalue weighted by molar-refractivity contribution is -0.123. The fourth-order valence-corrected chi connectivity index (χ4v) is 7.30. The Hall–Kier alpha value is -4.04. The summed E-state index contributed by atoms with van der Waals surface area (Å²) in [4.78, 5) is 55.7. The second-order valence-corrected chi connectivity index (χ2v) is 11.9. The van der Waals surface area contributed by atoms with Crippen LogP contribution >= 0.6 is 15.9 Å². The average Bonchev–Trinajstić information content (AvgIpc) is 3.20. The fourth-order valence-electron chi connectivity index (χ4n) is 7.04. The van der Waals surface area contributed by atoms with Crippen LogP contribution < -0.4 is 9.64 Å². The number of nitrogens with zero attached hydrogens (tertiary/aromatic N) is 1. The molecule has 3 aliphatic carbocycles. The SMILES string of the molecule is CC1=CC(=O)C2=C(CC3C(=CCC4C(=O)N(c5ccc(Br)cc5)C(=O)C43)C2C2=COc3ccc(O)cc3C2)C1=O. The van der Waals surface area contributed by atoms with Gasteiger partial charge in [-0.1, -0.05) is 27.6 Å². The van der Waals surface area contributed by atoms with Crippen molar-refractivity contribution < 1.29 is 29.0 Å². The van der Waals surface area contributed by atoms with Gasteiger partial charge in [0, 0.05) is 39.1 Å². The molecule has 1 saturated heterocycles. The van der Waals surface area contributed by atoms with Gasteiger partial charge in [-0.3, -0.25) is 24.1 Å². The first kappa shape index (κ1) is 25.0. The van der Waals surface area contributed by atoms with Crippen LogP contribution in [0.3, 0.4) is 0 Å². The van der Waals surface area contributed by atoms with Crippen molar-refractivity contribution in [2.75, 3.05) is 4.90 Å². The fraction of sp³-hybridized carbons (Fsp3) is 0.250. The zero-order valence-electron chi connectivity index (χ0n) is 21.5. The molecule has 0 saturated carbocycles. The topological polar surface area (TPSA) is 101 Å². The van der Waals surface area contributed by atoms with Gasteiger partial charge in [-0.2, -0.15) is 0 Å². The van der Waals surface area contributed by atoms with Crippen LogP contribution in [0.1, 0.15) is 25.3 Å². The van der Waals surface area contributed by atoms with E-state index in [4.69, 9.17) is 4.74 Å². The van der Waals surface area contributed by atoms with E-state index in [0.717, 1.165) is 21.2 Å². The van der Waals surface area contributed by atoms with Crippen LogP contribution in [0, 0.1) is 23.7 Å². The van der Waals surface area contributed by atoms with E-state index in [9.17, 15) is 24.3 Å². The van der Waals surface area contributed by atoms with Gasteiger partial charge in [-0.25, -0.2) is 0 Å². The van der Waals surface area contributed by atoms with Crippen LogP contribution in [0.2, 0.25) is 0 Å². The van der Waals surface area contributed by atoms with E-state index in [2.05, 4.69) is 15.9 Å². The summed E-state index contributed by atoms with van der Waals surface area (Å²) in [5.41, 5.74) is 4.16. The maximum Gasteiger partial charge on any atom is 0.238 e. The molecule has 4 atom stereocenters. The van der Waals surface area contributed by atoms with Crippen molar-refractivity contribution in [3.05, 3.63) is 98.8 Å². The number of carbonyl (C=O) groups is 4. The zero-order valence-corrected chi connectivity index (χ0v) is 23.1. The van der Waals surface area contributed by atoms with Crippen LogP contribution in [0.5, 0.6) is 11.5 Å². The highest BCUT2D eigenvalue weighted by Gasteiger charge is 2.57. The predicted octanol–water partition coefficient (Wildman–Crippen LogP) is 5.14. The summed E-state index contributed by atoms with van der Waals surface area (Å²) in [5, 5.41) is 10.1. The Balaban J connectivity index is 1.33. The standard InChI is InChI=1S/C32H24BrNO6/c1-15-10-25(36)29-24(30(15)37)13-23-21(27(29)17-11-16-12-20(35)6-9-26(16)40-14-17)7-8-22-28(23)32(39)34(31(22)38)19-4-2-18(33)3-5-19/h2-7,9-10,12,14,22-23,27-28,35H,8,11,13H2,1H3. The summed E-state index contributed by atoms with van der Waals surface area (Å²) in [6, 6.07) is 11.9. The Labute approximate surface area is 238 Å². The Morgan fingerprint density at radius 2 is 1.77 bits per heavy atom. The molecule has 1 fully saturated rings. The molecule has 0 bridgehead atoms. The number of ether oxygens (including phenoxy) is 1. The van der Waals surface area contributed by atoms with Crippen molar-refractivity contribution in [3.8, 4) is 11.5 Å². The lowest BCUT2D eigenvalue weighted by Gasteiger charge is -2.43. The highest BCUT2D eigenvalue weighted by molar-refractivity contribution is 9.10. The Morgan fingerprint density at radius 3 is 2.55 bits per heavy atom. The number of hydrogen-bond donors (Lipinski definition) is 1. The molecule has 200 valence electrons. The molecular formula is C32H24BrNO6. The van der Waals surface area contributed by atoms with Gasteiger partial charge in [0.1, 0.15) is 11.5 Å². The van der Waals surface area contributed by atoms with Gasteiger partial charge in [-0.05, 0) is 79.8 Å². The number of amides is 2. The van der Waals surface area contributed by atoms with Crippen LogP contribution in [0.15, 0.2) is 93.2 Å². The second kappa shape index (κ2) is 8.99. The van der Waals surface area contributed by atoms with Crippen molar-refractivity contribution in [3.63, 3.8) is 0 Å². The first-order valence-corrected chi connectivity index (χ1v) is 14.0. The Morgan fingerprint density at radius 1 is 1.00 bits per heavy atom. The van der Waals surface area contributed by atoms with E-state index < -0.39 is 23.7 Å². The lowest BCUT2D eigenvalue weighted by atomic mass is 9.58. The van der Waals surface area contributed by atoms with E-state index in [1.165, 1.54) is 11.0 Å². The minimum Gasteiger partial charge on any atom is -0.508 e. The van der Waals surface area contributed by atoms with Crippen LogP contribution in [-0.4, -0.2) is 28.5 Å². The van der Waals surface area contributed by atoms with Crippen molar-refractivity contribution in [2.24, 2.45) is 23.7 Å². The number of anilines is 1. The number of hydrogen-bond acceptors (Lipinski definition) is 6. The number of benzene rings is 2. The molecule has 2 aromatic rings. The zero-order chi connectivity index (χ0) is 27.9. The van der Waals surface area contributed by atoms with Crippen LogP contribution in [-0.2, 0) is 25.6 Å². The summed E-state index contributed by atoms with van der Waals surface area (Å²) in [6.45, 7) is 1.63. The number of phenolic OH excluding ortho intramolecular Hbond substituents is 1. The van der Waals surface area contributed by atoms with Gasteiger partial charge in [0.15, 0.2) is 11.6 Å². The molecular weight excluding hydrogens is 574 g/mol. The average molecular weight is 598 g/mol. The van der Waals surface area contributed by atoms with E-state index in [1.807, 2.05) is 6.08 Å². The molecule has 0 aromatic heterocycles. The van der Waals surface area contributed by atoms with Crippen molar-refractivity contribution in [1.82, 2.24) is 0 Å². The first-order chi connectivity index (χ1) is 19.2. The summed E-state index contributed by atoms with van der Waals surface area (Å²) in [7, 11) is 0. The number of Topliss-reactive ketones (excluding diaryl/α,β-unsaturated/α-hetero) is 1. The maximum absolute atomic E-state index is 14.0. The normalized spacial score (nSPS) is 27.2. The third-order valence-corrected chi connectivity index (χ3v) is 9.32. The van der Waals surface area contributed by atoms with Gasteiger partial charge in [-0.15, -0.1) is 0 Å². The summed E-state index contributed by atoms with van der Waals surface area (Å²) in [6.07, 6.45) is 6.03. The highest BCUT2D eigenvalue weighted by Crippen LogP contribution is 2.55. The number of carbonyl (C=O) groups excluding carboxylic acids is 4. The second-order valence-electron chi connectivity index (χ2n) is 11.0. The summed E-state index contributed by atoms with van der Waals surface area (Å²) < 4.78 is 6.77. The van der Waals surface area contributed by atoms with E-state index in [1.54, 1.807) is 55.7 Å². The quantitative estimate of drug-likeness (QED) is 0.292. The molecule has 8 heteroatoms. The molecule has 0 spiro atoms. The predicted molar refractivity (Wildman–Crippen MR) is 149 cm³/mol. The molecule has 1 N–H and O–H groups in total. The molecule has 40 heavy (non-hydrogen) atoms. The highest BCUT2D eigenvalue weighted by atomic mass is 79.9. The van der Waals surface area contributed by atoms with Gasteiger partial charge in [0.2, 0.25) is 11.8 Å². The number of allylic oxidation sites excluding steroid dienone is 7. The Bertz CT molecular complexity index is 1680. The maximum atomic E-state index is 14.0. The van der Waals surface area contributed by atoms with Gasteiger partial charge in [0.05, 0.1) is 23.8 Å². The molecule has 2 amide bonds. The summed E-state index contributed by atoms with van der Waals surface area (Å²) >= 11 is 3.40. The lowest BCUT2D eigenvalue weighted by Crippen LogP contribution is -2.41. The Kier molecular flexibility index (Phi) is 5.61. The van der Waals surface area contributed by atoms with Crippen molar-refractivity contribution >= 4 is 45.0 Å². The third kappa shape index (κ3) is 3.62. The number of rotatable bonds is 2. The number of fused-ring (bicyclic) bond motifs is 4. The van der Waals surface area contributed by atoms with Gasteiger partial charge < -0.3 is 9.84 Å². The number of halogens is 1. The number of imide groups is 1. The molecule has 7 nitrogen and oxygen atoms in total. The minimum absolute atomic E-state index is 0.107. The monoisotopic (exact) mass is 597 g/mol.